The molecule has 0 aliphatic rings. The van der Waals surface area contributed by atoms with E-state index >= 15 is 0 Å². The number of fused-ring (bicyclic) bond motifs is 1. The van der Waals surface area contributed by atoms with Crippen molar-refractivity contribution in [1.29, 1.82) is 0 Å². The lowest BCUT2D eigenvalue weighted by Gasteiger charge is -2.18. The average Bonchev–Trinajstić information content (AvgIpc) is 2.94. The maximum atomic E-state index is 12.9. The fourth-order valence-corrected chi connectivity index (χ4v) is 3.63. The predicted octanol–water partition coefficient (Wildman–Crippen LogP) is -1.28. The summed E-state index contributed by atoms with van der Waals surface area (Å²) in [5.74, 6) is -1.10. The summed E-state index contributed by atoms with van der Waals surface area (Å²) < 4.78 is 0. The van der Waals surface area contributed by atoms with Crippen molar-refractivity contribution in [3.05, 3.63) is 52.1 Å². The first kappa shape index (κ1) is 29.9. The third kappa shape index (κ3) is 8.99. The standard InChI is InChI=1S/C25H35N11O4/c26-9-1-11-29-19(37)8-7-18(23(39)30-12-2-10-27)34-22(38)15-3-5-16(6-4-15)31-13-17-14-32-21-20(33-17)24(40)36-25(28)35-21/h3-6,14,18,31H,1-2,7-13,26-27H2,(H,29,37)(H,30,39)(H,34,38)(H3,28,32,35,36,40). The monoisotopic (exact) mass is 553 g/mol. The number of benzene rings is 1. The van der Waals surface area contributed by atoms with Crippen LogP contribution in [0.15, 0.2) is 35.3 Å². The fraction of sp³-hybridized carbons (Fsp3) is 0.400. The highest BCUT2D eigenvalue weighted by molar-refractivity contribution is 5.98. The molecule has 0 saturated carbocycles. The summed E-state index contributed by atoms with van der Waals surface area (Å²) in [6.07, 6.45) is 2.92. The van der Waals surface area contributed by atoms with Crippen LogP contribution in [0, 0.1) is 0 Å². The van der Waals surface area contributed by atoms with Crippen LogP contribution < -0.4 is 44.0 Å². The van der Waals surface area contributed by atoms with Crippen LogP contribution in [0.25, 0.3) is 11.2 Å². The predicted molar refractivity (Wildman–Crippen MR) is 150 cm³/mol. The van der Waals surface area contributed by atoms with E-state index in [1.54, 1.807) is 24.3 Å². The van der Waals surface area contributed by atoms with E-state index in [0.717, 1.165) is 0 Å². The summed E-state index contributed by atoms with van der Waals surface area (Å²) in [6.45, 7) is 1.96. The van der Waals surface area contributed by atoms with E-state index in [1.807, 2.05) is 0 Å². The lowest BCUT2D eigenvalue weighted by atomic mass is 10.1. The maximum Gasteiger partial charge on any atom is 0.280 e. The molecule has 40 heavy (non-hydrogen) atoms. The summed E-state index contributed by atoms with van der Waals surface area (Å²) in [5, 5.41) is 11.3. The average molecular weight is 554 g/mol. The van der Waals surface area contributed by atoms with Gasteiger partial charge in [-0.2, -0.15) is 4.98 Å². The van der Waals surface area contributed by atoms with Gasteiger partial charge in [0.15, 0.2) is 11.2 Å². The Morgan fingerprint density at radius 2 is 1.68 bits per heavy atom. The molecule has 3 rings (SSSR count). The van der Waals surface area contributed by atoms with Gasteiger partial charge < -0.3 is 38.5 Å². The number of carbonyl (C=O) groups excluding carboxylic acids is 3. The van der Waals surface area contributed by atoms with Crippen molar-refractivity contribution < 1.29 is 14.4 Å². The van der Waals surface area contributed by atoms with Gasteiger partial charge in [-0.1, -0.05) is 0 Å². The summed E-state index contributed by atoms with van der Waals surface area (Å²) in [5.41, 5.74) is 17.7. The molecule has 2 aromatic heterocycles. The van der Waals surface area contributed by atoms with Gasteiger partial charge in [-0.3, -0.25) is 24.2 Å². The van der Waals surface area contributed by atoms with Crippen molar-refractivity contribution in [3.8, 4) is 0 Å². The minimum atomic E-state index is -0.900. The molecule has 11 N–H and O–H groups in total. The zero-order chi connectivity index (χ0) is 28.9. The van der Waals surface area contributed by atoms with Gasteiger partial charge in [-0.05, 0) is 56.6 Å². The Labute approximate surface area is 230 Å². The van der Waals surface area contributed by atoms with Gasteiger partial charge in [0.1, 0.15) is 6.04 Å². The van der Waals surface area contributed by atoms with E-state index in [1.165, 1.54) is 6.20 Å². The number of nitrogens with zero attached hydrogens (tertiary/aromatic N) is 3. The second-order valence-corrected chi connectivity index (χ2v) is 8.91. The van der Waals surface area contributed by atoms with Crippen molar-refractivity contribution in [1.82, 2.24) is 35.9 Å². The largest absolute Gasteiger partial charge is 0.379 e. The molecular formula is C25H35N11O4. The van der Waals surface area contributed by atoms with Crippen LogP contribution in [0.4, 0.5) is 11.6 Å². The Kier molecular flexibility index (Phi) is 11.3. The van der Waals surface area contributed by atoms with Gasteiger partial charge in [0, 0.05) is 30.8 Å². The Morgan fingerprint density at radius 1 is 0.975 bits per heavy atom. The van der Waals surface area contributed by atoms with Crippen molar-refractivity contribution in [2.45, 2.75) is 38.3 Å². The SMILES string of the molecule is NCCCNC(=O)CCC(NC(=O)c1ccc(NCc2cnc3nc(N)[nH]c(=O)c3n2)cc1)C(=O)NCCCN. The molecule has 214 valence electrons. The number of nitrogens with one attached hydrogen (secondary N) is 5. The lowest BCUT2D eigenvalue weighted by Crippen LogP contribution is -2.47. The molecule has 3 amide bonds. The third-order valence-corrected chi connectivity index (χ3v) is 5.77. The van der Waals surface area contributed by atoms with E-state index in [9.17, 15) is 19.2 Å². The summed E-state index contributed by atoms with van der Waals surface area (Å²) in [7, 11) is 0. The molecule has 1 aromatic carbocycles. The Balaban J connectivity index is 1.59. The molecular weight excluding hydrogens is 518 g/mol. The number of nitrogens with two attached hydrogens (primary N) is 3. The van der Waals surface area contributed by atoms with E-state index in [0.29, 0.717) is 56.0 Å². The Hall–Kier alpha value is -4.63. The number of nitrogen functional groups attached to an aromatic ring is 1. The van der Waals surface area contributed by atoms with Gasteiger partial charge in [0.25, 0.3) is 11.5 Å². The highest BCUT2D eigenvalue weighted by Gasteiger charge is 2.22. The van der Waals surface area contributed by atoms with Gasteiger partial charge in [-0.25, -0.2) is 9.97 Å². The number of carbonyl (C=O) groups is 3. The number of amides is 3. The summed E-state index contributed by atoms with van der Waals surface area (Å²) in [4.78, 5) is 64.5. The maximum absolute atomic E-state index is 12.9. The number of aromatic amines is 1. The van der Waals surface area contributed by atoms with E-state index in [4.69, 9.17) is 17.2 Å². The highest BCUT2D eigenvalue weighted by atomic mass is 16.2. The lowest BCUT2D eigenvalue weighted by molar-refractivity contribution is -0.124. The molecule has 0 spiro atoms. The minimum Gasteiger partial charge on any atom is -0.379 e. The number of aromatic nitrogens is 4. The molecule has 1 unspecified atom stereocenters. The zero-order valence-corrected chi connectivity index (χ0v) is 22.0. The minimum absolute atomic E-state index is 0.0378. The quantitative estimate of drug-likeness (QED) is 0.103. The molecule has 2 heterocycles. The van der Waals surface area contributed by atoms with Crippen LogP contribution in [0.1, 0.15) is 41.7 Å². The molecule has 0 bridgehead atoms. The molecule has 1 atom stereocenters. The zero-order valence-electron chi connectivity index (χ0n) is 22.0. The van der Waals surface area contributed by atoms with E-state index < -0.39 is 17.5 Å². The third-order valence-electron chi connectivity index (χ3n) is 5.77. The molecule has 0 radical (unpaired) electrons. The Morgan fingerprint density at radius 3 is 2.38 bits per heavy atom. The molecule has 15 nitrogen and oxygen atoms in total. The van der Waals surface area contributed by atoms with Crippen LogP contribution in [0.3, 0.4) is 0 Å². The van der Waals surface area contributed by atoms with Crippen LogP contribution in [0.2, 0.25) is 0 Å². The Bertz CT molecular complexity index is 1360. The fourth-order valence-electron chi connectivity index (χ4n) is 3.63. The van der Waals surface area contributed by atoms with Crippen molar-refractivity contribution in [2.75, 3.05) is 37.2 Å². The first-order chi connectivity index (χ1) is 19.3. The molecule has 0 aliphatic heterocycles. The molecule has 0 aliphatic carbocycles. The number of hydrogen-bond acceptors (Lipinski definition) is 11. The van der Waals surface area contributed by atoms with Crippen LogP contribution in [-0.2, 0) is 16.1 Å². The molecule has 0 fully saturated rings. The van der Waals surface area contributed by atoms with Gasteiger partial charge in [0.2, 0.25) is 17.8 Å². The van der Waals surface area contributed by atoms with Gasteiger partial charge in [0.05, 0.1) is 18.4 Å². The van der Waals surface area contributed by atoms with Crippen molar-refractivity contribution in [2.24, 2.45) is 11.5 Å². The number of anilines is 2. The number of H-pyrrole nitrogens is 1. The summed E-state index contributed by atoms with van der Waals surface area (Å²) >= 11 is 0. The van der Waals surface area contributed by atoms with Crippen LogP contribution in [0.5, 0.6) is 0 Å². The van der Waals surface area contributed by atoms with Gasteiger partial charge >= 0.3 is 0 Å². The normalized spacial score (nSPS) is 11.6. The molecule has 0 saturated heterocycles. The van der Waals surface area contributed by atoms with E-state index in [2.05, 4.69) is 41.2 Å². The second-order valence-electron chi connectivity index (χ2n) is 8.91. The number of hydrogen-bond donors (Lipinski definition) is 8. The van der Waals surface area contributed by atoms with Gasteiger partial charge in [-0.15, -0.1) is 0 Å². The second kappa shape index (κ2) is 15.1. The van der Waals surface area contributed by atoms with Crippen molar-refractivity contribution in [3.63, 3.8) is 0 Å². The molecule has 3 aromatic rings. The van der Waals surface area contributed by atoms with Crippen LogP contribution >= 0.6 is 0 Å². The van der Waals surface area contributed by atoms with Crippen molar-refractivity contribution >= 4 is 40.5 Å². The molecule has 15 heteroatoms. The smallest absolute Gasteiger partial charge is 0.280 e. The van der Waals surface area contributed by atoms with Crippen LogP contribution in [-0.4, -0.2) is 69.9 Å². The van der Waals surface area contributed by atoms with E-state index in [-0.39, 0.29) is 48.3 Å². The highest BCUT2D eigenvalue weighted by Crippen LogP contribution is 2.12. The first-order valence-electron chi connectivity index (χ1n) is 12.9. The first-order valence-corrected chi connectivity index (χ1v) is 12.9. The summed E-state index contributed by atoms with van der Waals surface area (Å²) in [6, 6.07) is 5.69. The topological polar surface area (TPSA) is 249 Å². The number of rotatable bonds is 15.